The van der Waals surface area contributed by atoms with E-state index in [1.54, 1.807) is 220 Å². The van der Waals surface area contributed by atoms with Gasteiger partial charge in [0.15, 0.2) is 0 Å². The van der Waals surface area contributed by atoms with Crippen LogP contribution >= 0.6 is 116 Å². The number of oxime groups is 1. The fraction of sp³-hybridized carbons (Fsp3) is 0.597. The van der Waals surface area contributed by atoms with Crippen molar-refractivity contribution in [1.82, 2.24) is 4.98 Å². The summed E-state index contributed by atoms with van der Waals surface area (Å²) >= 11 is 41.5. The van der Waals surface area contributed by atoms with Gasteiger partial charge >= 0.3 is 52.9 Å². The molecule has 1 heterocycles. The molecule has 0 saturated heterocycles. The van der Waals surface area contributed by atoms with E-state index in [0.717, 1.165) is 17.3 Å². The first-order valence-electron chi connectivity index (χ1n) is 34.4. The molecule has 6 saturated carbocycles. The Morgan fingerprint density at radius 3 is 1.02 bits per heavy atom. The van der Waals surface area contributed by atoms with Gasteiger partial charge in [-0.05, 0) is 229 Å². The number of ether oxygens (including phenoxy) is 2. The summed E-state index contributed by atoms with van der Waals surface area (Å²) in [6.07, 6.45) is 54.7. The van der Waals surface area contributed by atoms with Gasteiger partial charge in [-0.2, -0.15) is 0 Å². The van der Waals surface area contributed by atoms with E-state index in [2.05, 4.69) is 16.7 Å². The molecular weight excluding hydrogens is 1550 g/mol. The van der Waals surface area contributed by atoms with Gasteiger partial charge in [-0.3, -0.25) is 4.98 Å². The maximum atomic E-state index is 12.1. The zero-order chi connectivity index (χ0) is 70.4. The van der Waals surface area contributed by atoms with Crippen LogP contribution in [0.3, 0.4) is 0 Å². The molecule has 4 aromatic rings. The normalized spacial score (nSPS) is 17.9. The van der Waals surface area contributed by atoms with Crippen LogP contribution in [0.4, 0.5) is 0 Å². The van der Waals surface area contributed by atoms with E-state index in [0.29, 0.717) is 32.0 Å². The molecule has 0 amide bonds. The molecule has 0 spiro atoms. The van der Waals surface area contributed by atoms with Crippen molar-refractivity contribution in [1.29, 1.82) is 0 Å². The standard InChI is InChI=1S/2C18H33P.C16H15Cl2NO2.C12H9Cl2NO3.C11H11Cl3O2.2CH4.2ClH.Pd/c2*1-4-10-16(11-5-1)19(17-12-6-2-7-13-17)18-14-8-3-9-15-18;1-16(2,3)21-15(20)14-12(17)8-11(9-13(14)18)10-4-6-19-7-5-10;1-2-7(3-4-15-18)8-5-9(13)11(12(16)17)10(14)6-8;1-11(2,3)16-10(15)9-7(13)4-6(12)5-8(9)14;;;;;/h2*16-18H,1-15H2;4-9H,1-3H3;2-6,18H,1H2,(H,16,17);4-5H,1-3H3;2*1H4;2*1H;/q;;;;;;;;;+2/p-2/b;;;7-3+,15-4?;;;;;;. The molecule has 0 unspecified atom stereocenters. The first-order valence-corrected chi connectivity index (χ1v) is 44.2. The zero-order valence-electron chi connectivity index (χ0n) is 56.8. The van der Waals surface area contributed by atoms with E-state index >= 15 is 0 Å². The summed E-state index contributed by atoms with van der Waals surface area (Å²) in [5.74, 6) is -2.28. The van der Waals surface area contributed by atoms with Crippen molar-refractivity contribution in [2.24, 2.45) is 5.16 Å². The van der Waals surface area contributed by atoms with E-state index in [1.165, 1.54) is 109 Å². The topological polar surface area (TPSA) is 135 Å². The number of pyridine rings is 1. The third-order valence-electron chi connectivity index (χ3n) is 18.4. The fourth-order valence-corrected chi connectivity index (χ4v) is 25.9. The second-order valence-electron chi connectivity index (χ2n) is 27.7. The summed E-state index contributed by atoms with van der Waals surface area (Å²) in [7, 11) is 10.4. The minimum absolute atomic E-state index is 0. The molecule has 3 aromatic carbocycles. The number of carbonyl (C=O) groups excluding carboxylic acids is 2. The monoisotopic (exact) mass is 1660 g/mol. The number of halogens is 9. The van der Waals surface area contributed by atoms with Crippen molar-refractivity contribution in [2.75, 3.05) is 0 Å². The molecule has 9 nitrogen and oxygen atoms in total. The van der Waals surface area contributed by atoms with Gasteiger partial charge in [0.1, 0.15) is 11.2 Å². The zero-order valence-corrected chi connectivity index (χ0v) is 67.0. The van der Waals surface area contributed by atoms with Gasteiger partial charge in [0.05, 0.1) is 53.0 Å². The molecule has 6 aliphatic carbocycles. The average molecular weight is 1660 g/mol. The number of hydrogen-bond acceptors (Lipinski definition) is 8. The molecule has 0 bridgehead atoms. The van der Waals surface area contributed by atoms with Crippen LogP contribution < -0.4 is 0 Å². The summed E-state index contributed by atoms with van der Waals surface area (Å²) in [5, 5.41) is 21.4. The first kappa shape index (κ1) is 90.5. The summed E-state index contributed by atoms with van der Waals surface area (Å²) in [4.78, 5) is 38.8. The van der Waals surface area contributed by atoms with Crippen molar-refractivity contribution in [2.45, 2.75) is 294 Å². The van der Waals surface area contributed by atoms with E-state index in [4.69, 9.17) is 120 Å². The Labute approximate surface area is 642 Å². The molecule has 98 heavy (non-hydrogen) atoms. The number of aromatic nitrogens is 1. The molecule has 0 atom stereocenters. The maximum absolute atomic E-state index is 12.1. The van der Waals surface area contributed by atoms with Crippen molar-refractivity contribution < 1.29 is 50.1 Å². The van der Waals surface area contributed by atoms with Gasteiger partial charge < -0.3 is 19.8 Å². The van der Waals surface area contributed by atoms with E-state index in [9.17, 15) is 14.4 Å². The minimum atomic E-state index is -1.20. The van der Waals surface area contributed by atoms with Crippen LogP contribution in [0.2, 0.25) is 35.2 Å². The number of carboxylic acid groups (broad SMARTS) is 1. The molecule has 2 N–H and O–H groups in total. The van der Waals surface area contributed by atoms with Gasteiger partial charge in [0.25, 0.3) is 0 Å². The van der Waals surface area contributed by atoms with Gasteiger partial charge in [0.2, 0.25) is 0 Å². The fourth-order valence-electron chi connectivity index (χ4n) is 14.3. The third-order valence-corrected chi connectivity index (χ3v) is 28.5. The molecule has 6 aliphatic rings. The number of hydrogen-bond donors (Lipinski definition) is 2. The van der Waals surface area contributed by atoms with Gasteiger partial charge in [-0.1, -0.05) is 245 Å². The van der Waals surface area contributed by atoms with E-state index < -0.39 is 29.1 Å². The predicted molar refractivity (Wildman–Crippen MR) is 424 cm³/mol. The van der Waals surface area contributed by atoms with Crippen LogP contribution in [0.25, 0.3) is 16.7 Å². The number of allylic oxidation sites excluding steroid dienone is 3. The van der Waals surface area contributed by atoms with Crippen molar-refractivity contribution in [3.05, 3.63) is 137 Å². The first-order chi connectivity index (χ1) is 45.8. The number of carbonyl (C=O) groups is 3. The second-order valence-corrected chi connectivity index (χ2v) is 39.1. The number of aromatic carboxylic acids is 1. The Hall–Kier alpha value is -1.70. The number of carboxylic acids is 1. The Morgan fingerprint density at radius 2 is 0.765 bits per heavy atom. The van der Waals surface area contributed by atoms with Crippen molar-refractivity contribution in [3.8, 4) is 11.1 Å². The third kappa shape index (κ3) is 31.2. The SMILES string of the molecule is C.C.C1CCC(P(C2CCCCC2)C2CCCCC2)CC1.C1CCC(P(C2CCCCC2)C2CCCCC2)CC1.C=C/C(=C\C=NO)c1cc(Cl)c(C(=O)O)c(Cl)c1.CC(C)(C)OC(=O)c1c(Cl)cc(-c2ccncc2)cc1Cl.CC(C)(C)OC(=O)c1c(Cl)cc(Cl)cc1Cl.[Cl][Pd][Cl]. The van der Waals surface area contributed by atoms with E-state index in [1.807, 2.05) is 12.1 Å². The number of rotatable bonds is 13. The van der Waals surface area contributed by atoms with Crippen LogP contribution in [0, 0.1) is 0 Å². The van der Waals surface area contributed by atoms with Crippen molar-refractivity contribution >= 4 is 146 Å². The molecule has 0 radical (unpaired) electrons. The summed E-state index contributed by atoms with van der Waals surface area (Å²) < 4.78 is 10.5. The second kappa shape index (κ2) is 47.7. The predicted octanol–water partition coefficient (Wildman–Crippen LogP) is 28.9. The van der Waals surface area contributed by atoms with Crippen LogP contribution in [0.5, 0.6) is 0 Å². The molecule has 0 aliphatic heterocycles. The molecular formula is C77H109Cl9N2O7P2Pd. The van der Waals surface area contributed by atoms with Crippen LogP contribution in [-0.2, 0) is 25.4 Å². The molecule has 10 rings (SSSR count). The van der Waals surface area contributed by atoms with Crippen LogP contribution in [0.1, 0.15) is 286 Å². The molecule has 21 heteroatoms. The van der Waals surface area contributed by atoms with Gasteiger partial charge in [-0.25, -0.2) is 14.4 Å². The number of benzene rings is 3. The van der Waals surface area contributed by atoms with Crippen molar-refractivity contribution in [3.63, 3.8) is 0 Å². The Kier molecular flexibility index (Phi) is 44.1. The summed E-state index contributed by atoms with van der Waals surface area (Å²) in [6.45, 7) is 14.3. The number of nitrogens with zero attached hydrogens (tertiary/aromatic N) is 2. The molecule has 6 fully saturated rings. The van der Waals surface area contributed by atoms with Crippen LogP contribution in [0.15, 0.2) is 84.8 Å². The number of esters is 2. The van der Waals surface area contributed by atoms with Gasteiger partial charge in [-0.15, -0.1) is 0 Å². The van der Waals surface area contributed by atoms with Crippen LogP contribution in [-0.4, -0.2) is 84.6 Å². The quantitative estimate of drug-likeness (QED) is 0.0257. The summed E-state index contributed by atoms with van der Waals surface area (Å²) in [6, 6.07) is 12.9. The van der Waals surface area contributed by atoms with E-state index in [-0.39, 0.29) is 77.6 Å². The molecule has 552 valence electrons. The summed E-state index contributed by atoms with van der Waals surface area (Å²) in [5.41, 5.74) is 9.02. The Morgan fingerprint density at radius 1 is 0.490 bits per heavy atom. The average Bonchev–Trinajstić information content (AvgIpc) is 0.838. The molecule has 1 aromatic heterocycles. The Balaban J connectivity index is 0.000000315. The Bertz CT molecular complexity index is 2890. The van der Waals surface area contributed by atoms with Gasteiger partial charge in [0, 0.05) is 17.4 Å².